The lowest BCUT2D eigenvalue weighted by atomic mass is 10.1. The average Bonchev–Trinajstić information content (AvgIpc) is 2.39. The van der Waals surface area contributed by atoms with Crippen molar-refractivity contribution in [1.29, 1.82) is 0 Å². The minimum atomic E-state index is -0.132. The van der Waals surface area contributed by atoms with Gasteiger partial charge < -0.3 is 4.90 Å². The molecule has 1 aliphatic rings. The van der Waals surface area contributed by atoms with Crippen LogP contribution in [0.1, 0.15) is 10.4 Å². The maximum Gasteiger partial charge on any atom is 0.240 e. The van der Waals surface area contributed by atoms with Crippen LogP contribution in [0.4, 0.5) is 0 Å². The Balaban J connectivity index is 2.07. The van der Waals surface area contributed by atoms with E-state index in [4.69, 9.17) is 23.2 Å². The average molecular weight is 309 g/mol. The van der Waals surface area contributed by atoms with Gasteiger partial charge in [0, 0.05) is 10.6 Å². The molecule has 0 aromatic heterocycles. The second kappa shape index (κ2) is 6.53. The van der Waals surface area contributed by atoms with Crippen LogP contribution in [0.5, 0.6) is 0 Å². The number of hydrogen-bond donors (Lipinski definition) is 0. The van der Waals surface area contributed by atoms with Crippen LogP contribution in [-0.2, 0) is 4.79 Å². The van der Waals surface area contributed by atoms with E-state index in [2.05, 4.69) is 4.99 Å². The fraction of sp³-hybridized carbons (Fsp3) is 0.143. The van der Waals surface area contributed by atoms with Gasteiger partial charge in [0.05, 0.1) is 23.8 Å². The molecular formula is C14H10Cl2N2O2. The van der Waals surface area contributed by atoms with E-state index in [0.717, 1.165) is 0 Å². The molecule has 0 saturated carbocycles. The Morgan fingerprint density at radius 1 is 1.40 bits per heavy atom. The van der Waals surface area contributed by atoms with Gasteiger partial charge in [-0.25, -0.2) is 4.79 Å². The minimum absolute atomic E-state index is 0.132. The highest BCUT2D eigenvalue weighted by Gasteiger charge is 2.15. The van der Waals surface area contributed by atoms with Crippen LogP contribution in [0, 0.1) is 0 Å². The lowest BCUT2D eigenvalue weighted by Gasteiger charge is -2.21. The van der Waals surface area contributed by atoms with Crippen molar-refractivity contribution in [3.8, 4) is 0 Å². The molecule has 0 saturated heterocycles. The van der Waals surface area contributed by atoms with E-state index >= 15 is 0 Å². The molecule has 0 amide bonds. The van der Waals surface area contributed by atoms with Gasteiger partial charge in [-0.05, 0) is 36.6 Å². The Labute approximate surface area is 126 Å². The number of halogens is 2. The molecule has 4 nitrogen and oxygen atoms in total. The number of carbonyl (C=O) groups excluding carboxylic acids is 2. The molecule has 0 spiro atoms. The first-order chi connectivity index (χ1) is 9.60. The largest absolute Gasteiger partial charge is 0.364 e. The number of hydrogen-bond acceptors (Lipinski definition) is 4. The van der Waals surface area contributed by atoms with Crippen LogP contribution in [0.3, 0.4) is 0 Å². The number of Topliss-reactive ketones (excluding diaryl/α,β-unsaturated/α-hetero) is 1. The molecule has 0 N–H and O–H groups in total. The first-order valence-electron chi connectivity index (χ1n) is 5.77. The third-order valence-electron chi connectivity index (χ3n) is 2.72. The third kappa shape index (κ3) is 3.58. The Morgan fingerprint density at radius 3 is 2.90 bits per heavy atom. The maximum atomic E-state index is 12.2. The summed E-state index contributed by atoms with van der Waals surface area (Å²) in [5, 5.41) is 0.806. The Hall–Kier alpha value is -1.87. The van der Waals surface area contributed by atoms with Crippen molar-refractivity contribution in [1.82, 2.24) is 4.90 Å². The third-order valence-corrected chi connectivity index (χ3v) is 3.27. The zero-order chi connectivity index (χ0) is 14.5. The first-order valence-corrected chi connectivity index (χ1v) is 6.53. The first kappa shape index (κ1) is 14.5. The van der Waals surface area contributed by atoms with Crippen LogP contribution in [0.25, 0.3) is 0 Å². The van der Waals surface area contributed by atoms with Crippen LogP contribution < -0.4 is 0 Å². The molecule has 1 aliphatic heterocycles. The molecule has 0 atom stereocenters. The highest BCUT2D eigenvalue weighted by molar-refractivity contribution is 6.36. The topological polar surface area (TPSA) is 49.7 Å². The van der Waals surface area contributed by atoms with Gasteiger partial charge in [0.2, 0.25) is 6.08 Å². The van der Waals surface area contributed by atoms with E-state index < -0.39 is 0 Å². The fourth-order valence-corrected chi connectivity index (χ4v) is 2.33. The smallest absolute Gasteiger partial charge is 0.240 e. The van der Waals surface area contributed by atoms with Crippen molar-refractivity contribution in [2.24, 2.45) is 4.99 Å². The minimum Gasteiger partial charge on any atom is -0.364 e. The summed E-state index contributed by atoms with van der Waals surface area (Å²) in [5.41, 5.74) is 0.969. The van der Waals surface area contributed by atoms with Crippen molar-refractivity contribution in [3.63, 3.8) is 0 Å². The summed E-state index contributed by atoms with van der Waals surface area (Å²) in [7, 11) is 0. The van der Waals surface area contributed by atoms with E-state index in [9.17, 15) is 9.59 Å². The molecule has 0 unspecified atom stereocenters. The SMILES string of the molecule is O=C=NC1=CC=CN(CC(=O)c2ccc(Cl)cc2Cl)C1. The Bertz CT molecular complexity index is 647. The van der Waals surface area contributed by atoms with Crippen LogP contribution in [0.2, 0.25) is 10.0 Å². The quantitative estimate of drug-likeness (QED) is 0.487. The molecule has 0 aliphatic carbocycles. The molecule has 1 aromatic carbocycles. The molecule has 6 heteroatoms. The van der Waals surface area contributed by atoms with Gasteiger partial charge in [-0.2, -0.15) is 4.99 Å². The summed E-state index contributed by atoms with van der Waals surface area (Å²) in [6.45, 7) is 0.520. The van der Waals surface area contributed by atoms with Crippen LogP contribution in [-0.4, -0.2) is 29.9 Å². The van der Waals surface area contributed by atoms with Gasteiger partial charge in [-0.3, -0.25) is 4.79 Å². The standard InChI is InChI=1S/C14H10Cl2N2O2/c15-10-3-4-12(13(16)6-10)14(20)8-18-5-1-2-11(7-18)17-9-19/h1-6H,7-8H2. The zero-order valence-electron chi connectivity index (χ0n) is 10.3. The normalized spacial score (nSPS) is 13.7. The summed E-state index contributed by atoms with van der Waals surface area (Å²) in [6.07, 6.45) is 6.65. The van der Waals surface area contributed by atoms with E-state index in [1.165, 1.54) is 12.1 Å². The lowest BCUT2D eigenvalue weighted by molar-refractivity contribution is 0.0958. The molecule has 0 bridgehead atoms. The summed E-state index contributed by atoms with van der Waals surface area (Å²) in [6, 6.07) is 4.75. The Kier molecular flexibility index (Phi) is 4.74. The van der Waals surface area contributed by atoms with Crippen LogP contribution >= 0.6 is 23.2 Å². The second-order valence-corrected chi connectivity index (χ2v) is 5.00. The molecule has 0 radical (unpaired) electrons. The Morgan fingerprint density at radius 2 is 2.20 bits per heavy atom. The summed E-state index contributed by atoms with van der Waals surface area (Å²) < 4.78 is 0. The van der Waals surface area contributed by atoms with E-state index in [1.807, 2.05) is 0 Å². The molecule has 102 valence electrons. The number of ketones is 1. The highest BCUT2D eigenvalue weighted by Crippen LogP contribution is 2.22. The molecule has 0 fully saturated rings. The monoisotopic (exact) mass is 308 g/mol. The van der Waals surface area contributed by atoms with Crippen molar-refractivity contribution < 1.29 is 9.59 Å². The number of isocyanates is 1. The van der Waals surface area contributed by atoms with Gasteiger partial charge in [0.15, 0.2) is 5.78 Å². The van der Waals surface area contributed by atoms with Crippen molar-refractivity contribution in [2.75, 3.05) is 13.1 Å². The van der Waals surface area contributed by atoms with Gasteiger partial charge in [-0.15, -0.1) is 0 Å². The van der Waals surface area contributed by atoms with Gasteiger partial charge in [0.25, 0.3) is 0 Å². The fourth-order valence-electron chi connectivity index (χ4n) is 1.81. The summed E-state index contributed by atoms with van der Waals surface area (Å²) >= 11 is 11.8. The molecule has 20 heavy (non-hydrogen) atoms. The summed E-state index contributed by atoms with van der Waals surface area (Å²) in [4.78, 5) is 27.7. The van der Waals surface area contributed by atoms with Crippen LogP contribution in [0.15, 0.2) is 47.2 Å². The predicted molar refractivity (Wildman–Crippen MR) is 77.7 cm³/mol. The van der Waals surface area contributed by atoms with E-state index in [0.29, 0.717) is 27.9 Å². The van der Waals surface area contributed by atoms with Crippen molar-refractivity contribution >= 4 is 35.1 Å². The molecule has 1 aromatic rings. The number of aliphatic imine (C=N–C) groups is 1. The zero-order valence-corrected chi connectivity index (χ0v) is 11.9. The van der Waals surface area contributed by atoms with Gasteiger partial charge >= 0.3 is 0 Å². The number of benzene rings is 1. The van der Waals surface area contributed by atoms with Crippen molar-refractivity contribution in [3.05, 3.63) is 57.9 Å². The number of nitrogens with zero attached hydrogens (tertiary/aromatic N) is 2. The molecule has 2 rings (SSSR count). The van der Waals surface area contributed by atoms with Gasteiger partial charge in [0.1, 0.15) is 0 Å². The number of rotatable bonds is 4. The number of allylic oxidation sites excluding steroid dienone is 2. The van der Waals surface area contributed by atoms with E-state index in [1.54, 1.807) is 35.4 Å². The predicted octanol–water partition coefficient (Wildman–Crippen LogP) is 3.23. The highest BCUT2D eigenvalue weighted by atomic mass is 35.5. The van der Waals surface area contributed by atoms with E-state index in [-0.39, 0.29) is 12.3 Å². The molecular weight excluding hydrogens is 299 g/mol. The summed E-state index contributed by atoms with van der Waals surface area (Å²) in [5.74, 6) is -0.132. The second-order valence-electron chi connectivity index (χ2n) is 4.15. The number of carbonyl (C=O) groups is 1. The maximum absolute atomic E-state index is 12.2. The lowest BCUT2D eigenvalue weighted by Crippen LogP contribution is -2.28. The van der Waals surface area contributed by atoms with Crippen molar-refractivity contribution in [2.45, 2.75) is 0 Å². The van der Waals surface area contributed by atoms with Gasteiger partial charge in [-0.1, -0.05) is 23.2 Å². The molecule has 1 heterocycles.